The zero-order valence-electron chi connectivity index (χ0n) is 34.5. The first-order valence-electron chi connectivity index (χ1n) is 21.6. The van der Waals surface area contributed by atoms with Gasteiger partial charge >= 0.3 is 0 Å². The summed E-state index contributed by atoms with van der Waals surface area (Å²) in [6.07, 6.45) is 3.60. The molecule has 1 aliphatic heterocycles. The van der Waals surface area contributed by atoms with Gasteiger partial charge in [0.15, 0.2) is 0 Å². The van der Waals surface area contributed by atoms with Crippen molar-refractivity contribution in [1.82, 2.24) is 19.9 Å². The average Bonchev–Trinajstić information content (AvgIpc) is 3.65. The van der Waals surface area contributed by atoms with Crippen LogP contribution < -0.4 is 4.74 Å². The fraction of sp³-hybridized carbons (Fsp3) is 0.0169. The van der Waals surface area contributed by atoms with Crippen LogP contribution in [0.5, 0.6) is 11.5 Å². The van der Waals surface area contributed by atoms with Crippen LogP contribution in [0, 0.1) is 0 Å². The van der Waals surface area contributed by atoms with Crippen LogP contribution in [0.2, 0.25) is 0 Å². The summed E-state index contributed by atoms with van der Waals surface area (Å²) in [4.78, 5) is 19.7. The summed E-state index contributed by atoms with van der Waals surface area (Å²) < 4.78 is 6.63. The van der Waals surface area contributed by atoms with E-state index in [-0.39, 0.29) is 0 Å². The van der Waals surface area contributed by atoms with Crippen molar-refractivity contribution in [2.75, 3.05) is 0 Å². The molecule has 0 N–H and O–H groups in total. The molecule has 5 heterocycles. The van der Waals surface area contributed by atoms with Gasteiger partial charge in [0.1, 0.15) is 11.5 Å². The zero-order valence-corrected chi connectivity index (χ0v) is 34.5. The Morgan fingerprint density at radius 2 is 0.922 bits per heavy atom. The zero-order chi connectivity index (χ0) is 42.2. The molecule has 2 aliphatic rings. The third kappa shape index (κ3) is 5.51. The lowest BCUT2D eigenvalue weighted by molar-refractivity contribution is 0.436. The molecular weight excluding hydrogens is 781 g/mol. The predicted octanol–water partition coefficient (Wildman–Crippen LogP) is 14.4. The number of hydrogen-bond donors (Lipinski definition) is 0. The van der Waals surface area contributed by atoms with Gasteiger partial charge in [-0.1, -0.05) is 133 Å². The number of benzene rings is 7. The molecule has 0 bridgehead atoms. The summed E-state index contributed by atoms with van der Waals surface area (Å²) in [6.45, 7) is 0. The highest BCUT2D eigenvalue weighted by Gasteiger charge is 2.51. The molecule has 0 fully saturated rings. The van der Waals surface area contributed by atoms with Gasteiger partial charge in [-0.2, -0.15) is 0 Å². The largest absolute Gasteiger partial charge is 0.457 e. The SMILES string of the molecule is c1ccc(-c2cc(-c3ccc(-c4cccc(-c5nc6ccccc6c6cc7c(cc56)-c5ccccc5C75c6ccccc6Oc6ccccc65)c4)cc3)cc(-c3ccccn3)n2)nc1. The van der Waals surface area contributed by atoms with E-state index in [9.17, 15) is 0 Å². The Labute approximate surface area is 370 Å². The second kappa shape index (κ2) is 14.3. The van der Waals surface area contributed by atoms with Gasteiger partial charge in [0.25, 0.3) is 0 Å². The van der Waals surface area contributed by atoms with Crippen LogP contribution in [0.15, 0.2) is 219 Å². The number of pyridine rings is 4. The van der Waals surface area contributed by atoms with E-state index in [0.717, 1.165) is 95.2 Å². The minimum Gasteiger partial charge on any atom is -0.457 e. The van der Waals surface area contributed by atoms with Gasteiger partial charge in [-0.3, -0.25) is 9.97 Å². The van der Waals surface area contributed by atoms with Crippen molar-refractivity contribution in [3.05, 3.63) is 241 Å². The molecule has 0 amide bonds. The van der Waals surface area contributed by atoms with E-state index in [0.29, 0.717) is 0 Å². The lowest BCUT2D eigenvalue weighted by Crippen LogP contribution is -2.32. The molecule has 0 unspecified atom stereocenters. The molecule has 298 valence electrons. The van der Waals surface area contributed by atoms with Crippen LogP contribution in [-0.2, 0) is 5.41 Å². The third-order valence-corrected chi connectivity index (χ3v) is 13.0. The quantitative estimate of drug-likeness (QED) is 0.162. The Balaban J connectivity index is 0.958. The minimum atomic E-state index is -0.557. The van der Waals surface area contributed by atoms with E-state index in [1.807, 2.05) is 36.4 Å². The summed E-state index contributed by atoms with van der Waals surface area (Å²) in [6, 6.07) is 73.0. The molecule has 1 spiro atoms. The fourth-order valence-electron chi connectivity index (χ4n) is 10.2. The summed E-state index contributed by atoms with van der Waals surface area (Å²) in [5, 5.41) is 3.43. The maximum Gasteiger partial charge on any atom is 0.132 e. The van der Waals surface area contributed by atoms with Gasteiger partial charge in [-0.05, 0) is 123 Å². The maximum atomic E-state index is 6.63. The van der Waals surface area contributed by atoms with Crippen molar-refractivity contribution in [2.24, 2.45) is 0 Å². The van der Waals surface area contributed by atoms with Crippen LogP contribution >= 0.6 is 0 Å². The molecule has 13 rings (SSSR count). The first-order chi connectivity index (χ1) is 31.7. The normalized spacial score (nSPS) is 12.9. The number of aromatic nitrogens is 4. The Bertz CT molecular complexity index is 3540. The minimum absolute atomic E-state index is 0.557. The van der Waals surface area contributed by atoms with Crippen LogP contribution in [0.3, 0.4) is 0 Å². The highest BCUT2D eigenvalue weighted by molar-refractivity contribution is 6.13. The molecule has 64 heavy (non-hydrogen) atoms. The van der Waals surface area contributed by atoms with Crippen molar-refractivity contribution >= 4 is 21.7 Å². The van der Waals surface area contributed by atoms with Crippen molar-refractivity contribution in [3.8, 4) is 78.9 Å². The van der Waals surface area contributed by atoms with Crippen molar-refractivity contribution < 1.29 is 4.74 Å². The van der Waals surface area contributed by atoms with Gasteiger partial charge in [-0.25, -0.2) is 9.97 Å². The van der Waals surface area contributed by atoms with E-state index in [2.05, 4.69) is 180 Å². The van der Waals surface area contributed by atoms with E-state index < -0.39 is 5.41 Å². The molecule has 11 aromatic rings. The molecule has 0 radical (unpaired) electrons. The monoisotopic (exact) mass is 816 g/mol. The first-order valence-corrected chi connectivity index (χ1v) is 21.6. The molecule has 0 saturated carbocycles. The topological polar surface area (TPSA) is 60.8 Å². The van der Waals surface area contributed by atoms with Gasteiger partial charge < -0.3 is 4.74 Å². The van der Waals surface area contributed by atoms with E-state index in [1.54, 1.807) is 12.4 Å². The summed E-state index contributed by atoms with van der Waals surface area (Å²) in [7, 11) is 0. The van der Waals surface area contributed by atoms with Crippen LogP contribution in [-0.4, -0.2) is 19.9 Å². The number of rotatable bonds is 5. The molecule has 0 saturated heterocycles. The van der Waals surface area contributed by atoms with E-state index in [4.69, 9.17) is 14.7 Å². The van der Waals surface area contributed by atoms with Crippen LogP contribution in [0.1, 0.15) is 22.3 Å². The van der Waals surface area contributed by atoms with Crippen molar-refractivity contribution in [2.45, 2.75) is 5.41 Å². The van der Waals surface area contributed by atoms with Gasteiger partial charge in [0.05, 0.1) is 39.4 Å². The second-order valence-corrected chi connectivity index (χ2v) is 16.5. The number of fused-ring (bicyclic) bond motifs is 12. The number of nitrogens with zero attached hydrogens (tertiary/aromatic N) is 4. The smallest absolute Gasteiger partial charge is 0.132 e. The van der Waals surface area contributed by atoms with Crippen LogP contribution in [0.4, 0.5) is 0 Å². The lowest BCUT2D eigenvalue weighted by atomic mass is 9.66. The summed E-state index contributed by atoms with van der Waals surface area (Å²) in [5.74, 6) is 1.77. The molecule has 5 heteroatoms. The highest BCUT2D eigenvalue weighted by atomic mass is 16.5. The molecule has 0 atom stereocenters. The number of ether oxygens (including phenoxy) is 1. The number of hydrogen-bond acceptors (Lipinski definition) is 5. The Hall–Kier alpha value is -8.54. The molecular formula is C59H36N4O. The van der Waals surface area contributed by atoms with Crippen LogP contribution in [0.25, 0.3) is 89.1 Å². The summed E-state index contributed by atoms with van der Waals surface area (Å²) in [5.41, 5.74) is 17.3. The Kier molecular flexibility index (Phi) is 8.06. The van der Waals surface area contributed by atoms with E-state index in [1.165, 1.54) is 27.6 Å². The third-order valence-electron chi connectivity index (χ3n) is 13.0. The predicted molar refractivity (Wildman–Crippen MR) is 257 cm³/mol. The Morgan fingerprint density at radius 1 is 0.328 bits per heavy atom. The fourth-order valence-corrected chi connectivity index (χ4v) is 10.2. The highest BCUT2D eigenvalue weighted by Crippen LogP contribution is 2.62. The standard InChI is InChI=1S/C59H36N4O/c1-3-18-47-42(16-1)45-35-46-44(36-50(45)59(47)48-19-4-7-24-56(48)64-57-25-8-5-20-49(57)59)43-17-2-6-21-51(43)63-58(46)40-15-13-14-39(32-40)37-26-28-38(29-27-37)41-33-54(52-22-9-11-30-60-52)62-55(34-41)53-23-10-12-31-61-53/h1-36H. The summed E-state index contributed by atoms with van der Waals surface area (Å²) >= 11 is 0. The Morgan fingerprint density at radius 3 is 1.61 bits per heavy atom. The van der Waals surface area contributed by atoms with Gasteiger partial charge in [-0.15, -0.1) is 0 Å². The molecule has 7 aromatic carbocycles. The van der Waals surface area contributed by atoms with Crippen molar-refractivity contribution in [1.29, 1.82) is 0 Å². The lowest BCUT2D eigenvalue weighted by Gasteiger charge is -2.39. The maximum absolute atomic E-state index is 6.63. The first kappa shape index (κ1) is 36.1. The van der Waals surface area contributed by atoms with Gasteiger partial charge in [0.2, 0.25) is 0 Å². The molecule has 5 nitrogen and oxygen atoms in total. The average molecular weight is 817 g/mol. The molecule has 1 aliphatic carbocycles. The van der Waals surface area contributed by atoms with Crippen molar-refractivity contribution in [3.63, 3.8) is 0 Å². The number of para-hydroxylation sites is 3. The molecule has 4 aromatic heterocycles. The second-order valence-electron chi connectivity index (χ2n) is 16.5. The van der Waals surface area contributed by atoms with Gasteiger partial charge in [0, 0.05) is 39.9 Å². The van der Waals surface area contributed by atoms with E-state index >= 15 is 0 Å².